The second-order valence-corrected chi connectivity index (χ2v) is 5.97. The molecule has 2 N–H and O–H groups in total. The van der Waals surface area contributed by atoms with Crippen molar-refractivity contribution in [1.82, 2.24) is 14.8 Å². The van der Waals surface area contributed by atoms with Crippen LogP contribution < -0.4 is 5.32 Å². The first kappa shape index (κ1) is 17.8. The van der Waals surface area contributed by atoms with E-state index in [1.165, 1.54) is 4.90 Å². The van der Waals surface area contributed by atoms with Crippen LogP contribution in [0.5, 0.6) is 0 Å². The van der Waals surface area contributed by atoms with Crippen molar-refractivity contribution in [3.05, 3.63) is 60.0 Å². The molecule has 0 unspecified atom stereocenters. The SMILES string of the molecule is Cn1c(C(=O)NCC(=O)N(CCO)Cc2ccccc2)cc2occc21. The van der Waals surface area contributed by atoms with Crippen molar-refractivity contribution in [2.45, 2.75) is 6.54 Å². The molecule has 0 bridgehead atoms. The van der Waals surface area contributed by atoms with E-state index in [4.69, 9.17) is 4.42 Å². The van der Waals surface area contributed by atoms with Crippen LogP contribution in [0.3, 0.4) is 0 Å². The molecule has 0 aliphatic rings. The van der Waals surface area contributed by atoms with Crippen LogP contribution in [-0.2, 0) is 18.4 Å². The molecule has 3 aromatic rings. The molecule has 0 spiro atoms. The lowest BCUT2D eigenvalue weighted by Crippen LogP contribution is -2.41. The number of aliphatic hydroxyl groups excluding tert-OH is 1. The Morgan fingerprint density at radius 3 is 2.69 bits per heavy atom. The van der Waals surface area contributed by atoms with Crippen molar-refractivity contribution >= 4 is 22.9 Å². The lowest BCUT2D eigenvalue weighted by molar-refractivity contribution is -0.131. The van der Waals surface area contributed by atoms with Crippen molar-refractivity contribution in [3.8, 4) is 0 Å². The zero-order valence-corrected chi connectivity index (χ0v) is 14.5. The minimum atomic E-state index is -0.351. The molecule has 0 radical (unpaired) electrons. The van der Waals surface area contributed by atoms with E-state index in [0.29, 0.717) is 17.8 Å². The van der Waals surface area contributed by atoms with Gasteiger partial charge in [0.2, 0.25) is 5.91 Å². The molecule has 3 rings (SSSR count). The Morgan fingerprint density at radius 1 is 1.23 bits per heavy atom. The topological polar surface area (TPSA) is 87.7 Å². The molecule has 2 heterocycles. The van der Waals surface area contributed by atoms with Crippen LogP contribution >= 0.6 is 0 Å². The Bertz CT molecular complexity index is 898. The van der Waals surface area contributed by atoms with Crippen LogP contribution in [0.1, 0.15) is 16.1 Å². The summed E-state index contributed by atoms with van der Waals surface area (Å²) >= 11 is 0. The van der Waals surface area contributed by atoms with E-state index < -0.39 is 0 Å². The molecule has 2 aromatic heterocycles. The standard InChI is InChI=1S/C19H21N3O4/c1-21-15-7-10-26-17(15)11-16(21)19(25)20-12-18(24)22(8-9-23)13-14-5-3-2-4-6-14/h2-7,10-11,23H,8-9,12-13H2,1H3,(H,20,25). The minimum Gasteiger partial charge on any atom is -0.463 e. The predicted octanol–water partition coefficient (Wildman–Crippen LogP) is 1.52. The van der Waals surface area contributed by atoms with E-state index in [1.807, 2.05) is 30.3 Å². The van der Waals surface area contributed by atoms with Gasteiger partial charge in [0.25, 0.3) is 5.91 Å². The zero-order valence-electron chi connectivity index (χ0n) is 14.5. The second kappa shape index (κ2) is 7.88. The van der Waals surface area contributed by atoms with Crippen molar-refractivity contribution in [2.24, 2.45) is 7.05 Å². The molecule has 1 aromatic carbocycles. The number of amides is 2. The molecule has 0 saturated heterocycles. The summed E-state index contributed by atoms with van der Waals surface area (Å²) in [5.74, 6) is -0.606. The van der Waals surface area contributed by atoms with E-state index in [0.717, 1.165) is 11.1 Å². The van der Waals surface area contributed by atoms with Gasteiger partial charge in [0, 0.05) is 32.3 Å². The van der Waals surface area contributed by atoms with Gasteiger partial charge in [-0.05, 0) is 5.56 Å². The fourth-order valence-electron chi connectivity index (χ4n) is 2.84. The first-order chi connectivity index (χ1) is 12.6. The molecule has 136 valence electrons. The molecule has 2 amide bonds. The van der Waals surface area contributed by atoms with Gasteiger partial charge in [-0.1, -0.05) is 30.3 Å². The van der Waals surface area contributed by atoms with Crippen LogP contribution in [0.25, 0.3) is 11.1 Å². The molecule has 0 fully saturated rings. The predicted molar refractivity (Wildman–Crippen MR) is 96.5 cm³/mol. The molecule has 0 aliphatic heterocycles. The van der Waals surface area contributed by atoms with Gasteiger partial charge in [0.15, 0.2) is 5.58 Å². The first-order valence-electron chi connectivity index (χ1n) is 8.34. The van der Waals surface area contributed by atoms with Gasteiger partial charge < -0.3 is 24.3 Å². The van der Waals surface area contributed by atoms with Gasteiger partial charge in [-0.25, -0.2) is 0 Å². The van der Waals surface area contributed by atoms with E-state index in [1.54, 1.807) is 30.0 Å². The van der Waals surface area contributed by atoms with Gasteiger partial charge in [0.05, 0.1) is 24.9 Å². The molecular formula is C19H21N3O4. The number of aryl methyl sites for hydroxylation is 1. The molecule has 0 aliphatic carbocycles. The summed E-state index contributed by atoms with van der Waals surface area (Å²) in [7, 11) is 1.77. The molecule has 26 heavy (non-hydrogen) atoms. The van der Waals surface area contributed by atoms with E-state index >= 15 is 0 Å². The highest BCUT2D eigenvalue weighted by Gasteiger charge is 2.18. The first-order valence-corrected chi connectivity index (χ1v) is 8.34. The third-order valence-corrected chi connectivity index (χ3v) is 4.24. The maximum Gasteiger partial charge on any atom is 0.268 e. The number of hydrogen-bond donors (Lipinski definition) is 2. The second-order valence-electron chi connectivity index (χ2n) is 5.97. The summed E-state index contributed by atoms with van der Waals surface area (Å²) in [6.45, 7) is 0.312. The number of rotatable bonds is 7. The van der Waals surface area contributed by atoms with E-state index in [2.05, 4.69) is 5.32 Å². The monoisotopic (exact) mass is 355 g/mol. The van der Waals surface area contributed by atoms with Gasteiger partial charge in [-0.2, -0.15) is 0 Å². The van der Waals surface area contributed by atoms with Crippen LogP contribution in [0, 0.1) is 0 Å². The molecule has 7 nitrogen and oxygen atoms in total. The minimum absolute atomic E-state index is 0.138. The lowest BCUT2D eigenvalue weighted by atomic mass is 10.2. The fourth-order valence-corrected chi connectivity index (χ4v) is 2.84. The number of nitrogens with one attached hydrogen (secondary N) is 1. The Kier molecular flexibility index (Phi) is 5.38. The molecule has 0 atom stereocenters. The normalized spacial score (nSPS) is 10.8. The fraction of sp³-hybridized carbons (Fsp3) is 0.263. The molecule has 0 saturated carbocycles. The number of carbonyl (C=O) groups is 2. The van der Waals surface area contributed by atoms with Gasteiger partial charge in [-0.15, -0.1) is 0 Å². The average Bonchev–Trinajstić information content (AvgIpc) is 3.23. The van der Waals surface area contributed by atoms with Crippen LogP contribution in [0.4, 0.5) is 0 Å². The maximum atomic E-state index is 12.5. The zero-order chi connectivity index (χ0) is 18.5. The maximum absolute atomic E-state index is 12.5. The van der Waals surface area contributed by atoms with Gasteiger partial charge >= 0.3 is 0 Å². The smallest absolute Gasteiger partial charge is 0.268 e. The van der Waals surface area contributed by atoms with Crippen molar-refractivity contribution < 1.29 is 19.1 Å². The van der Waals surface area contributed by atoms with Crippen molar-refractivity contribution in [1.29, 1.82) is 0 Å². The van der Waals surface area contributed by atoms with Gasteiger partial charge in [-0.3, -0.25) is 9.59 Å². The largest absolute Gasteiger partial charge is 0.463 e. The highest BCUT2D eigenvalue weighted by Crippen LogP contribution is 2.19. The number of furan rings is 1. The number of fused-ring (bicyclic) bond motifs is 1. The van der Waals surface area contributed by atoms with Crippen LogP contribution in [-0.4, -0.2) is 46.1 Å². The summed E-state index contributed by atoms with van der Waals surface area (Å²) in [5.41, 5.74) is 2.81. The van der Waals surface area contributed by atoms with E-state index in [-0.39, 0.29) is 31.5 Å². The summed E-state index contributed by atoms with van der Waals surface area (Å²) < 4.78 is 7.00. The summed E-state index contributed by atoms with van der Waals surface area (Å²) in [5, 5.41) is 11.9. The highest BCUT2D eigenvalue weighted by molar-refractivity contribution is 5.99. The lowest BCUT2D eigenvalue weighted by Gasteiger charge is -2.22. The Balaban J connectivity index is 1.62. The number of benzene rings is 1. The van der Waals surface area contributed by atoms with Crippen LogP contribution in [0.15, 0.2) is 53.1 Å². The van der Waals surface area contributed by atoms with Crippen molar-refractivity contribution in [2.75, 3.05) is 19.7 Å². The highest BCUT2D eigenvalue weighted by atomic mass is 16.3. The Morgan fingerprint density at radius 2 is 2.00 bits per heavy atom. The van der Waals surface area contributed by atoms with Crippen LogP contribution in [0.2, 0.25) is 0 Å². The average molecular weight is 355 g/mol. The molecule has 7 heteroatoms. The van der Waals surface area contributed by atoms with Crippen molar-refractivity contribution in [3.63, 3.8) is 0 Å². The quantitative estimate of drug-likeness (QED) is 0.673. The number of aromatic nitrogens is 1. The molecular weight excluding hydrogens is 334 g/mol. The third-order valence-electron chi connectivity index (χ3n) is 4.24. The summed E-state index contributed by atoms with van der Waals surface area (Å²) in [4.78, 5) is 26.4. The Hall–Kier alpha value is -3.06. The number of aliphatic hydroxyl groups is 1. The number of carbonyl (C=O) groups excluding carboxylic acids is 2. The number of nitrogens with zero attached hydrogens (tertiary/aromatic N) is 2. The summed E-state index contributed by atoms with van der Waals surface area (Å²) in [6, 6.07) is 12.9. The summed E-state index contributed by atoms with van der Waals surface area (Å²) in [6.07, 6.45) is 1.56. The number of hydrogen-bond acceptors (Lipinski definition) is 4. The third kappa shape index (κ3) is 3.78. The van der Waals surface area contributed by atoms with E-state index in [9.17, 15) is 14.7 Å². The van der Waals surface area contributed by atoms with Gasteiger partial charge in [0.1, 0.15) is 5.69 Å². The Labute approximate surface area is 150 Å².